The molecule has 6 rings (SSSR count). The van der Waals surface area contributed by atoms with Crippen LogP contribution in [0, 0.1) is 0 Å². The number of methoxy groups -OCH3 is 1. The summed E-state index contributed by atoms with van der Waals surface area (Å²) in [5.41, 5.74) is 1.39. The molecule has 0 spiro atoms. The van der Waals surface area contributed by atoms with Crippen molar-refractivity contribution in [3.63, 3.8) is 0 Å². The van der Waals surface area contributed by atoms with Crippen LogP contribution in [0.5, 0.6) is 51.7 Å². The minimum Gasteiger partial charge on any atom is -0.497 e. The molecule has 1 unspecified atom stereocenters. The zero-order chi connectivity index (χ0) is 42.1. The second kappa shape index (κ2) is 18.5. The van der Waals surface area contributed by atoms with Crippen LogP contribution in [-0.2, 0) is 15.0 Å². The van der Waals surface area contributed by atoms with E-state index in [1.165, 1.54) is 38.1 Å². The average Bonchev–Trinajstić information content (AvgIpc) is 3.20. The molecule has 0 saturated heterocycles. The molecule has 0 heterocycles. The van der Waals surface area contributed by atoms with Crippen molar-refractivity contribution < 1.29 is 57.1 Å². The van der Waals surface area contributed by atoms with Crippen LogP contribution in [0.2, 0.25) is 10.0 Å². The van der Waals surface area contributed by atoms with Gasteiger partial charge in [0.25, 0.3) is 0 Å². The van der Waals surface area contributed by atoms with Crippen LogP contribution in [0.4, 0.5) is 9.59 Å². The van der Waals surface area contributed by atoms with E-state index in [2.05, 4.69) is 0 Å². The Morgan fingerprint density at radius 3 is 1.27 bits per heavy atom. The average molecular weight is 838 g/mol. The summed E-state index contributed by atoms with van der Waals surface area (Å²) < 4.78 is 42.7. The van der Waals surface area contributed by atoms with Gasteiger partial charge in [-0.05, 0) is 96.4 Å². The Hall–Kier alpha value is -7.02. The highest BCUT2D eigenvalue weighted by molar-refractivity contribution is 6.32. The van der Waals surface area contributed by atoms with Gasteiger partial charge in [-0.2, -0.15) is 0 Å². The summed E-state index contributed by atoms with van der Waals surface area (Å²) in [5, 5.41) is 0.207. The molecule has 6 aromatic rings. The quantitative estimate of drug-likeness (QED) is 0.0501. The van der Waals surface area contributed by atoms with Crippen molar-refractivity contribution in [2.45, 2.75) is 26.2 Å². The first-order valence-corrected chi connectivity index (χ1v) is 18.4. The first-order chi connectivity index (χ1) is 28.3. The minimum absolute atomic E-state index is 0.0214. The van der Waals surface area contributed by atoms with E-state index in [0.717, 1.165) is 5.56 Å². The third kappa shape index (κ3) is 10.7. The topological polar surface area (TPSA) is 142 Å². The van der Waals surface area contributed by atoms with Gasteiger partial charge >= 0.3 is 24.2 Å². The monoisotopic (exact) mass is 836 g/mol. The van der Waals surface area contributed by atoms with Gasteiger partial charge in [-0.15, -0.1) is 0 Å². The lowest BCUT2D eigenvalue weighted by Crippen LogP contribution is -2.25. The maximum Gasteiger partial charge on any atom is 0.519 e. The predicted molar refractivity (Wildman–Crippen MR) is 217 cm³/mol. The van der Waals surface area contributed by atoms with E-state index in [9.17, 15) is 19.2 Å². The van der Waals surface area contributed by atoms with E-state index in [1.807, 2.05) is 37.3 Å². The number of carbonyl (C=O) groups excluding carboxylic acids is 4. The molecule has 0 amide bonds. The van der Waals surface area contributed by atoms with Gasteiger partial charge in [0.15, 0.2) is 11.5 Å². The van der Waals surface area contributed by atoms with Gasteiger partial charge in [0.2, 0.25) is 0 Å². The van der Waals surface area contributed by atoms with Crippen molar-refractivity contribution in [2.75, 3.05) is 7.11 Å². The van der Waals surface area contributed by atoms with Crippen molar-refractivity contribution in [3.8, 4) is 51.7 Å². The molecule has 1 atom stereocenters. The lowest BCUT2D eigenvalue weighted by Gasteiger charge is -2.32. The second-order valence-corrected chi connectivity index (χ2v) is 13.6. The van der Waals surface area contributed by atoms with Crippen molar-refractivity contribution in [1.29, 1.82) is 0 Å². The molecule has 6 aromatic carbocycles. The maximum absolute atomic E-state index is 12.9. The number of rotatable bonds is 12. The highest BCUT2D eigenvalue weighted by Gasteiger charge is 2.33. The normalized spacial score (nSPS) is 11.6. The lowest BCUT2D eigenvalue weighted by atomic mass is 9.71. The molecule has 0 bridgehead atoms. The van der Waals surface area contributed by atoms with E-state index in [0.29, 0.717) is 28.4 Å². The Balaban J connectivity index is 1.16. The van der Waals surface area contributed by atoms with Gasteiger partial charge < -0.3 is 37.9 Å². The number of hydrogen-bond donors (Lipinski definition) is 0. The summed E-state index contributed by atoms with van der Waals surface area (Å²) in [4.78, 5) is 48.7. The number of carbonyl (C=O) groups is 4. The van der Waals surface area contributed by atoms with Crippen LogP contribution < -0.4 is 37.9 Å². The molecule has 12 nitrogen and oxygen atoms in total. The molecule has 0 aliphatic heterocycles. The van der Waals surface area contributed by atoms with Gasteiger partial charge in [0, 0.05) is 37.5 Å². The number of benzene rings is 6. The Labute approximate surface area is 348 Å². The molecular formula is C45H34Cl2O12. The fourth-order valence-electron chi connectivity index (χ4n) is 5.88. The van der Waals surface area contributed by atoms with Gasteiger partial charge in [-0.1, -0.05) is 65.7 Å². The van der Waals surface area contributed by atoms with Gasteiger partial charge in [0.05, 0.1) is 17.2 Å². The number of ether oxygens (including phenoxy) is 8. The van der Waals surface area contributed by atoms with Crippen LogP contribution in [-0.4, -0.2) is 31.4 Å². The Morgan fingerprint density at radius 2 is 0.847 bits per heavy atom. The van der Waals surface area contributed by atoms with Crippen molar-refractivity contribution in [1.82, 2.24) is 0 Å². The highest BCUT2D eigenvalue weighted by atomic mass is 35.5. The van der Waals surface area contributed by atoms with Crippen LogP contribution in [0.25, 0.3) is 0 Å². The molecule has 0 radical (unpaired) electrons. The van der Waals surface area contributed by atoms with Crippen LogP contribution in [0.15, 0.2) is 133 Å². The molecule has 0 aromatic heterocycles. The summed E-state index contributed by atoms with van der Waals surface area (Å²) in [6, 6.07) is 36.7. The summed E-state index contributed by atoms with van der Waals surface area (Å²) in [6.45, 7) is 4.33. The van der Waals surface area contributed by atoms with Crippen molar-refractivity contribution in [3.05, 3.63) is 160 Å². The third-order valence-electron chi connectivity index (χ3n) is 8.65. The molecular weight excluding hydrogens is 803 g/mol. The summed E-state index contributed by atoms with van der Waals surface area (Å²) in [6.07, 6.45) is -2.17. The fraction of sp³-hybridized carbons (Fsp3) is 0.111. The van der Waals surface area contributed by atoms with Gasteiger partial charge in [-0.25, -0.2) is 9.59 Å². The first-order valence-electron chi connectivity index (χ1n) is 17.7. The van der Waals surface area contributed by atoms with Gasteiger partial charge in [-0.3, -0.25) is 9.59 Å². The molecule has 0 aliphatic carbocycles. The number of halogens is 2. The molecule has 0 aliphatic rings. The lowest BCUT2D eigenvalue weighted by molar-refractivity contribution is -0.132. The number of hydrogen-bond acceptors (Lipinski definition) is 12. The van der Waals surface area contributed by atoms with Crippen molar-refractivity contribution >= 4 is 47.5 Å². The number of esters is 2. The molecule has 0 saturated carbocycles. The van der Waals surface area contributed by atoms with Crippen LogP contribution in [0.3, 0.4) is 0 Å². The Morgan fingerprint density at radius 1 is 0.441 bits per heavy atom. The zero-order valence-corrected chi connectivity index (χ0v) is 33.4. The molecule has 0 fully saturated rings. The van der Waals surface area contributed by atoms with Crippen LogP contribution in [0.1, 0.15) is 37.5 Å². The van der Waals surface area contributed by atoms with Gasteiger partial charge in [0.1, 0.15) is 40.2 Å². The second-order valence-electron chi connectivity index (χ2n) is 12.8. The molecule has 59 heavy (non-hydrogen) atoms. The summed E-state index contributed by atoms with van der Waals surface area (Å²) in [7, 11) is 1.58. The predicted octanol–water partition coefficient (Wildman–Crippen LogP) is 11.2. The maximum atomic E-state index is 12.9. The van der Waals surface area contributed by atoms with E-state index >= 15 is 0 Å². The largest absolute Gasteiger partial charge is 0.519 e. The Kier molecular flexibility index (Phi) is 13.0. The SMILES string of the molecule is COc1ccc(Oc2ccc(OC(=O)Oc3ccc(C(C)(c4ccccc4)c4ccc(OC(=O)Oc5cc(OC(C)=O)cc(OC(C)=O)c5)c(Cl)c4)cc3Cl)cc2)cc1. The highest BCUT2D eigenvalue weighted by Crippen LogP contribution is 2.43. The molecule has 300 valence electrons. The third-order valence-corrected chi connectivity index (χ3v) is 9.24. The fourth-order valence-corrected chi connectivity index (χ4v) is 6.32. The minimum atomic E-state index is -1.17. The smallest absolute Gasteiger partial charge is 0.497 e. The van der Waals surface area contributed by atoms with E-state index in [1.54, 1.807) is 86.0 Å². The Bertz CT molecular complexity index is 2450. The molecule has 14 heteroatoms. The zero-order valence-electron chi connectivity index (χ0n) is 31.9. The van der Waals surface area contributed by atoms with E-state index < -0.39 is 29.7 Å². The van der Waals surface area contributed by atoms with E-state index in [-0.39, 0.29) is 44.5 Å². The van der Waals surface area contributed by atoms with Crippen LogP contribution >= 0.6 is 23.2 Å². The first kappa shape index (κ1) is 41.6. The molecule has 0 N–H and O–H groups in total. The summed E-state index contributed by atoms with van der Waals surface area (Å²) in [5.74, 6) is 0.633. The van der Waals surface area contributed by atoms with Crippen molar-refractivity contribution in [2.24, 2.45) is 0 Å². The summed E-state index contributed by atoms with van der Waals surface area (Å²) >= 11 is 13.4. The standard InChI is InChI=1S/C45H34Cl2O12/c1-27(48)53-36-24-37(54-28(2)49)26-38(25-36)57-44(51)59-42-21-11-31(23-40(42)47)45(3,29-8-6-5-7-9-29)30-10-20-41(39(46)22-30)58-43(50)56-35-18-16-34(17-19-35)55-33-14-12-32(52-4)13-15-33/h5-26H,1-4H3. The van der Waals surface area contributed by atoms with E-state index in [4.69, 9.17) is 61.1 Å².